The summed E-state index contributed by atoms with van der Waals surface area (Å²) >= 11 is 0. The highest BCUT2D eigenvalue weighted by Crippen LogP contribution is 2.09. The predicted molar refractivity (Wildman–Crippen MR) is 65.6 cm³/mol. The molecule has 0 amide bonds. The zero-order valence-corrected chi connectivity index (χ0v) is 10.0. The number of nitrogens with zero attached hydrogens (tertiary/aromatic N) is 1. The monoisotopic (exact) mass is 206 g/mol. The number of nitrogens with two attached hydrogens (primary N) is 1. The van der Waals surface area contributed by atoms with E-state index in [4.69, 9.17) is 5.73 Å². The molecular weight excluding hydrogens is 184 g/mol. The van der Waals surface area contributed by atoms with Crippen LogP contribution in [0.5, 0.6) is 0 Å². The van der Waals surface area contributed by atoms with Crippen molar-refractivity contribution in [3.05, 3.63) is 35.4 Å². The largest absolute Gasteiger partial charge is 0.326 e. The van der Waals surface area contributed by atoms with Gasteiger partial charge < -0.3 is 5.73 Å². The van der Waals surface area contributed by atoms with E-state index >= 15 is 0 Å². The van der Waals surface area contributed by atoms with Crippen molar-refractivity contribution in [3.63, 3.8) is 0 Å². The first-order valence-corrected chi connectivity index (χ1v) is 5.69. The predicted octanol–water partition coefficient (Wildman–Crippen LogP) is 2.38. The van der Waals surface area contributed by atoms with Gasteiger partial charge in [0.25, 0.3) is 0 Å². The standard InChI is InChI=1S/C13H22N2/c1-4-15(11(2)3)10-13-7-5-12(9-14)6-8-13/h5-8,11H,4,9-10,14H2,1-3H3. The molecular formula is C13H22N2. The molecule has 0 saturated carbocycles. The fraction of sp³-hybridized carbons (Fsp3) is 0.538. The van der Waals surface area contributed by atoms with Gasteiger partial charge >= 0.3 is 0 Å². The summed E-state index contributed by atoms with van der Waals surface area (Å²) in [7, 11) is 0. The molecule has 1 aromatic rings. The number of rotatable bonds is 5. The maximum atomic E-state index is 5.57. The molecule has 0 atom stereocenters. The van der Waals surface area contributed by atoms with Crippen LogP contribution in [0.1, 0.15) is 31.9 Å². The highest BCUT2D eigenvalue weighted by atomic mass is 15.1. The summed E-state index contributed by atoms with van der Waals surface area (Å²) in [5, 5.41) is 0. The molecule has 84 valence electrons. The molecule has 0 aliphatic heterocycles. The first kappa shape index (κ1) is 12.2. The third-order valence-electron chi connectivity index (χ3n) is 2.78. The molecule has 2 heteroatoms. The van der Waals surface area contributed by atoms with Crippen molar-refractivity contribution in [2.24, 2.45) is 5.73 Å². The van der Waals surface area contributed by atoms with Gasteiger partial charge in [0.05, 0.1) is 0 Å². The number of hydrogen-bond acceptors (Lipinski definition) is 2. The Morgan fingerprint density at radius 3 is 2.07 bits per heavy atom. The molecule has 0 spiro atoms. The van der Waals surface area contributed by atoms with E-state index in [1.165, 1.54) is 11.1 Å². The molecule has 15 heavy (non-hydrogen) atoms. The van der Waals surface area contributed by atoms with Gasteiger partial charge in [-0.1, -0.05) is 31.2 Å². The Kier molecular flexibility index (Phi) is 4.79. The lowest BCUT2D eigenvalue weighted by Crippen LogP contribution is -2.29. The van der Waals surface area contributed by atoms with E-state index in [9.17, 15) is 0 Å². The van der Waals surface area contributed by atoms with Crippen LogP contribution in [0.2, 0.25) is 0 Å². The van der Waals surface area contributed by atoms with Gasteiger partial charge in [0.15, 0.2) is 0 Å². The van der Waals surface area contributed by atoms with Crippen LogP contribution in [0.25, 0.3) is 0 Å². The van der Waals surface area contributed by atoms with Crippen molar-refractivity contribution in [1.29, 1.82) is 0 Å². The van der Waals surface area contributed by atoms with Crippen molar-refractivity contribution >= 4 is 0 Å². The van der Waals surface area contributed by atoms with Crippen LogP contribution < -0.4 is 5.73 Å². The molecule has 0 radical (unpaired) electrons. The fourth-order valence-electron chi connectivity index (χ4n) is 1.67. The van der Waals surface area contributed by atoms with Crippen LogP contribution in [0.15, 0.2) is 24.3 Å². The summed E-state index contributed by atoms with van der Waals surface area (Å²) in [6.45, 7) is 9.42. The van der Waals surface area contributed by atoms with E-state index in [1.807, 2.05) is 0 Å². The van der Waals surface area contributed by atoms with Crippen molar-refractivity contribution in [3.8, 4) is 0 Å². The fourth-order valence-corrected chi connectivity index (χ4v) is 1.67. The second kappa shape index (κ2) is 5.89. The van der Waals surface area contributed by atoms with Gasteiger partial charge in [0.2, 0.25) is 0 Å². The lowest BCUT2D eigenvalue weighted by atomic mass is 10.1. The van der Waals surface area contributed by atoms with Crippen LogP contribution in [0.3, 0.4) is 0 Å². The molecule has 0 unspecified atom stereocenters. The van der Waals surface area contributed by atoms with Crippen LogP contribution in [-0.4, -0.2) is 17.5 Å². The van der Waals surface area contributed by atoms with Crippen molar-refractivity contribution < 1.29 is 0 Å². The van der Waals surface area contributed by atoms with Gasteiger partial charge in [0.1, 0.15) is 0 Å². The average Bonchev–Trinajstić information content (AvgIpc) is 2.26. The number of benzene rings is 1. The summed E-state index contributed by atoms with van der Waals surface area (Å²) in [5.41, 5.74) is 8.13. The third-order valence-corrected chi connectivity index (χ3v) is 2.78. The zero-order valence-electron chi connectivity index (χ0n) is 10.0. The summed E-state index contributed by atoms with van der Waals surface area (Å²) in [4.78, 5) is 2.44. The van der Waals surface area contributed by atoms with Gasteiger partial charge in [-0.3, -0.25) is 4.90 Å². The molecule has 0 aliphatic rings. The number of hydrogen-bond donors (Lipinski definition) is 1. The van der Waals surface area contributed by atoms with Crippen molar-refractivity contribution in [2.75, 3.05) is 6.54 Å². The van der Waals surface area contributed by atoms with E-state index in [2.05, 4.69) is 49.9 Å². The van der Waals surface area contributed by atoms with E-state index in [0.717, 1.165) is 13.1 Å². The van der Waals surface area contributed by atoms with E-state index < -0.39 is 0 Å². The van der Waals surface area contributed by atoms with Crippen molar-refractivity contribution in [2.45, 2.75) is 39.9 Å². The average molecular weight is 206 g/mol. The van der Waals surface area contributed by atoms with Gasteiger partial charge in [-0.2, -0.15) is 0 Å². The smallest absolute Gasteiger partial charge is 0.0236 e. The highest BCUT2D eigenvalue weighted by Gasteiger charge is 2.06. The summed E-state index contributed by atoms with van der Waals surface area (Å²) in [6, 6.07) is 9.18. The molecule has 0 bridgehead atoms. The Hall–Kier alpha value is -0.860. The molecule has 1 aromatic carbocycles. The van der Waals surface area contributed by atoms with E-state index in [-0.39, 0.29) is 0 Å². The minimum Gasteiger partial charge on any atom is -0.326 e. The highest BCUT2D eigenvalue weighted by molar-refractivity contribution is 5.22. The molecule has 0 fully saturated rings. The van der Waals surface area contributed by atoms with E-state index in [1.54, 1.807) is 0 Å². The minimum absolute atomic E-state index is 0.601. The zero-order chi connectivity index (χ0) is 11.3. The quantitative estimate of drug-likeness (QED) is 0.801. The topological polar surface area (TPSA) is 29.3 Å². The van der Waals surface area contributed by atoms with Gasteiger partial charge in [0, 0.05) is 19.1 Å². The molecule has 0 aromatic heterocycles. The van der Waals surface area contributed by atoms with Crippen LogP contribution in [0, 0.1) is 0 Å². The minimum atomic E-state index is 0.601. The van der Waals surface area contributed by atoms with E-state index in [0.29, 0.717) is 12.6 Å². The lowest BCUT2D eigenvalue weighted by Gasteiger charge is -2.24. The maximum absolute atomic E-state index is 5.57. The Morgan fingerprint density at radius 1 is 1.13 bits per heavy atom. The van der Waals surface area contributed by atoms with Crippen molar-refractivity contribution in [1.82, 2.24) is 4.90 Å². The van der Waals surface area contributed by atoms with Gasteiger partial charge in [-0.05, 0) is 31.5 Å². The Morgan fingerprint density at radius 2 is 1.67 bits per heavy atom. The van der Waals surface area contributed by atoms with Gasteiger partial charge in [-0.15, -0.1) is 0 Å². The molecule has 1 rings (SSSR count). The second-order valence-corrected chi connectivity index (χ2v) is 4.18. The van der Waals surface area contributed by atoms with Gasteiger partial charge in [-0.25, -0.2) is 0 Å². The van der Waals surface area contributed by atoms with Crippen LogP contribution in [-0.2, 0) is 13.1 Å². The molecule has 0 heterocycles. The third kappa shape index (κ3) is 3.65. The Bertz CT molecular complexity index is 277. The Balaban J connectivity index is 2.63. The Labute approximate surface area is 93.1 Å². The van der Waals surface area contributed by atoms with Crippen LogP contribution in [0.4, 0.5) is 0 Å². The second-order valence-electron chi connectivity index (χ2n) is 4.18. The molecule has 0 aliphatic carbocycles. The summed E-state index contributed by atoms with van der Waals surface area (Å²) in [6.07, 6.45) is 0. The molecule has 0 saturated heterocycles. The van der Waals surface area contributed by atoms with Crippen LogP contribution >= 0.6 is 0 Å². The normalized spacial score (nSPS) is 11.3. The first-order chi connectivity index (χ1) is 7.17. The summed E-state index contributed by atoms with van der Waals surface area (Å²) < 4.78 is 0. The molecule has 2 nitrogen and oxygen atoms in total. The lowest BCUT2D eigenvalue weighted by molar-refractivity contribution is 0.225. The summed E-state index contributed by atoms with van der Waals surface area (Å²) in [5.74, 6) is 0. The maximum Gasteiger partial charge on any atom is 0.0236 e. The molecule has 2 N–H and O–H groups in total. The SMILES string of the molecule is CCN(Cc1ccc(CN)cc1)C(C)C. The first-order valence-electron chi connectivity index (χ1n) is 5.69.